The maximum absolute atomic E-state index is 12.9. The number of nitrogens with one attached hydrogen (secondary N) is 1. The summed E-state index contributed by atoms with van der Waals surface area (Å²) in [5, 5.41) is 7.84. The van der Waals surface area contributed by atoms with Crippen molar-refractivity contribution in [3.63, 3.8) is 0 Å². The monoisotopic (exact) mass is 430 g/mol. The second kappa shape index (κ2) is 6.56. The summed E-state index contributed by atoms with van der Waals surface area (Å²) in [7, 11) is 0. The molecule has 1 amide bonds. The number of halogens is 2. The fraction of sp³-hybridized carbons (Fsp3) is 0.200. The number of hydrogen-bond donors (Lipinski definition) is 1. The first kappa shape index (κ1) is 17.3. The molecule has 0 spiro atoms. The molecule has 132 valence electrons. The van der Waals surface area contributed by atoms with Crippen LogP contribution in [0.2, 0.25) is 5.02 Å². The molecule has 0 bridgehead atoms. The van der Waals surface area contributed by atoms with E-state index < -0.39 is 5.41 Å². The Balaban J connectivity index is 1.56. The predicted molar refractivity (Wildman–Crippen MR) is 105 cm³/mol. The standard InChI is InChI=1S/C20H16BrClN2O2/c1-12-10-15(6-7-16(12)21)23-19(25)20(8-9-20)18-11-17(26-24-18)13-2-4-14(22)5-3-13/h2-7,10-11H,8-9H2,1H3,(H,23,25). The van der Waals surface area contributed by atoms with Crippen LogP contribution in [-0.4, -0.2) is 11.1 Å². The van der Waals surface area contributed by atoms with Gasteiger partial charge < -0.3 is 9.84 Å². The molecule has 0 unspecified atom stereocenters. The second-order valence-electron chi connectivity index (χ2n) is 6.58. The van der Waals surface area contributed by atoms with Gasteiger partial charge in [-0.15, -0.1) is 0 Å². The van der Waals surface area contributed by atoms with E-state index in [1.54, 1.807) is 12.1 Å². The number of benzene rings is 2. The van der Waals surface area contributed by atoms with Crippen LogP contribution in [0.15, 0.2) is 57.5 Å². The third-order valence-corrected chi connectivity index (χ3v) is 5.87. The number of aromatic nitrogens is 1. The minimum Gasteiger partial charge on any atom is -0.356 e. The average molecular weight is 432 g/mol. The highest BCUT2D eigenvalue weighted by molar-refractivity contribution is 9.10. The summed E-state index contributed by atoms with van der Waals surface area (Å²) in [6, 6.07) is 15.0. The van der Waals surface area contributed by atoms with Gasteiger partial charge in [-0.2, -0.15) is 0 Å². The number of carbonyl (C=O) groups is 1. The molecule has 1 aromatic heterocycles. The number of amides is 1. The minimum atomic E-state index is -0.602. The molecule has 4 rings (SSSR count). The summed E-state index contributed by atoms with van der Waals surface area (Å²) in [6.07, 6.45) is 1.53. The van der Waals surface area contributed by atoms with Gasteiger partial charge in [-0.25, -0.2) is 0 Å². The maximum Gasteiger partial charge on any atom is 0.236 e. The first-order chi connectivity index (χ1) is 12.5. The van der Waals surface area contributed by atoms with Crippen LogP contribution in [0.4, 0.5) is 5.69 Å². The third-order valence-electron chi connectivity index (χ3n) is 4.73. The van der Waals surface area contributed by atoms with Crippen LogP contribution in [0.5, 0.6) is 0 Å². The van der Waals surface area contributed by atoms with E-state index in [0.29, 0.717) is 16.5 Å². The van der Waals surface area contributed by atoms with Crippen molar-refractivity contribution in [2.75, 3.05) is 5.32 Å². The number of anilines is 1. The van der Waals surface area contributed by atoms with Crippen molar-refractivity contribution in [2.45, 2.75) is 25.2 Å². The molecule has 1 aliphatic carbocycles. The van der Waals surface area contributed by atoms with Gasteiger partial charge >= 0.3 is 0 Å². The molecule has 1 heterocycles. The van der Waals surface area contributed by atoms with Gasteiger partial charge in [0.25, 0.3) is 0 Å². The van der Waals surface area contributed by atoms with Crippen molar-refractivity contribution >= 4 is 39.1 Å². The molecule has 0 radical (unpaired) electrons. The minimum absolute atomic E-state index is 0.0461. The Hall–Kier alpha value is -2.11. The molecule has 1 N–H and O–H groups in total. The predicted octanol–water partition coefficient (Wildman–Crippen LogP) is 5.74. The molecule has 3 aromatic rings. The molecule has 6 heteroatoms. The van der Waals surface area contributed by atoms with Crippen LogP contribution < -0.4 is 5.32 Å². The molecule has 0 aliphatic heterocycles. The zero-order valence-electron chi connectivity index (χ0n) is 14.1. The highest BCUT2D eigenvalue weighted by atomic mass is 79.9. The van der Waals surface area contributed by atoms with Gasteiger partial charge in [0.2, 0.25) is 5.91 Å². The van der Waals surface area contributed by atoms with Crippen LogP contribution >= 0.6 is 27.5 Å². The Morgan fingerprint density at radius 3 is 2.58 bits per heavy atom. The van der Waals surface area contributed by atoms with Crippen LogP contribution in [0.25, 0.3) is 11.3 Å². The van der Waals surface area contributed by atoms with Crippen LogP contribution in [-0.2, 0) is 10.2 Å². The topological polar surface area (TPSA) is 55.1 Å². The van der Waals surface area contributed by atoms with E-state index >= 15 is 0 Å². The van der Waals surface area contributed by atoms with Gasteiger partial charge in [0.05, 0.1) is 11.1 Å². The molecular weight excluding hydrogens is 416 g/mol. The molecule has 1 aliphatic rings. The van der Waals surface area contributed by atoms with Gasteiger partial charge in [-0.05, 0) is 67.8 Å². The van der Waals surface area contributed by atoms with E-state index in [0.717, 1.165) is 34.1 Å². The largest absolute Gasteiger partial charge is 0.356 e. The van der Waals surface area contributed by atoms with Gasteiger partial charge in [-0.3, -0.25) is 4.79 Å². The fourth-order valence-corrected chi connectivity index (χ4v) is 3.32. The summed E-state index contributed by atoms with van der Waals surface area (Å²) in [6.45, 7) is 1.99. The lowest BCUT2D eigenvalue weighted by molar-refractivity contribution is -0.118. The van der Waals surface area contributed by atoms with E-state index in [4.69, 9.17) is 16.1 Å². The van der Waals surface area contributed by atoms with E-state index in [2.05, 4.69) is 26.4 Å². The molecule has 1 saturated carbocycles. The number of hydrogen-bond acceptors (Lipinski definition) is 3. The highest BCUT2D eigenvalue weighted by Gasteiger charge is 2.53. The zero-order valence-corrected chi connectivity index (χ0v) is 16.4. The maximum atomic E-state index is 12.9. The van der Waals surface area contributed by atoms with Gasteiger partial charge in [0.1, 0.15) is 0 Å². The van der Waals surface area contributed by atoms with Crippen molar-refractivity contribution in [2.24, 2.45) is 0 Å². The molecule has 0 atom stereocenters. The summed E-state index contributed by atoms with van der Waals surface area (Å²) in [5.74, 6) is 0.588. The quantitative estimate of drug-likeness (QED) is 0.573. The summed E-state index contributed by atoms with van der Waals surface area (Å²) in [4.78, 5) is 12.9. The van der Waals surface area contributed by atoms with E-state index in [-0.39, 0.29) is 5.91 Å². The Kier molecular flexibility index (Phi) is 4.37. The first-order valence-corrected chi connectivity index (χ1v) is 9.46. The number of aryl methyl sites for hydroxylation is 1. The van der Waals surface area contributed by atoms with Gasteiger partial charge in [0.15, 0.2) is 5.76 Å². The fourth-order valence-electron chi connectivity index (χ4n) is 2.95. The molecule has 4 nitrogen and oxygen atoms in total. The Morgan fingerprint density at radius 2 is 1.92 bits per heavy atom. The Labute approximate surface area is 164 Å². The van der Waals surface area contributed by atoms with Gasteiger partial charge in [0, 0.05) is 26.8 Å². The summed E-state index contributed by atoms with van der Waals surface area (Å²) >= 11 is 9.39. The van der Waals surface area contributed by atoms with E-state index in [1.807, 2.05) is 43.3 Å². The zero-order chi connectivity index (χ0) is 18.3. The highest BCUT2D eigenvalue weighted by Crippen LogP contribution is 2.49. The van der Waals surface area contributed by atoms with Crippen molar-refractivity contribution in [1.82, 2.24) is 5.16 Å². The first-order valence-electron chi connectivity index (χ1n) is 8.29. The number of rotatable bonds is 4. The van der Waals surface area contributed by atoms with Crippen LogP contribution in [0.3, 0.4) is 0 Å². The van der Waals surface area contributed by atoms with Crippen LogP contribution in [0.1, 0.15) is 24.1 Å². The summed E-state index contributed by atoms with van der Waals surface area (Å²) in [5.41, 5.74) is 2.80. The van der Waals surface area contributed by atoms with Crippen molar-refractivity contribution in [3.05, 3.63) is 69.3 Å². The Bertz CT molecular complexity index is 978. The molecule has 1 fully saturated rings. The average Bonchev–Trinajstić information content (AvgIpc) is 3.29. The molecular formula is C20H16BrClN2O2. The smallest absolute Gasteiger partial charge is 0.236 e. The van der Waals surface area contributed by atoms with Gasteiger partial charge in [-0.1, -0.05) is 32.7 Å². The van der Waals surface area contributed by atoms with E-state index in [9.17, 15) is 4.79 Å². The summed E-state index contributed by atoms with van der Waals surface area (Å²) < 4.78 is 6.49. The van der Waals surface area contributed by atoms with Crippen LogP contribution in [0, 0.1) is 6.92 Å². The van der Waals surface area contributed by atoms with Crippen molar-refractivity contribution < 1.29 is 9.32 Å². The Morgan fingerprint density at radius 1 is 1.19 bits per heavy atom. The molecule has 26 heavy (non-hydrogen) atoms. The lowest BCUT2D eigenvalue weighted by Crippen LogP contribution is -2.28. The number of nitrogens with zero attached hydrogens (tertiary/aromatic N) is 1. The molecule has 2 aromatic carbocycles. The SMILES string of the molecule is Cc1cc(NC(=O)C2(c3cc(-c4ccc(Cl)cc4)on3)CC2)ccc1Br. The lowest BCUT2D eigenvalue weighted by atomic mass is 10.00. The van der Waals surface area contributed by atoms with Crippen molar-refractivity contribution in [3.8, 4) is 11.3 Å². The number of carbonyl (C=O) groups excluding carboxylic acids is 1. The molecule has 0 saturated heterocycles. The van der Waals surface area contributed by atoms with Crippen molar-refractivity contribution in [1.29, 1.82) is 0 Å². The third kappa shape index (κ3) is 3.17. The second-order valence-corrected chi connectivity index (χ2v) is 7.87. The normalized spacial score (nSPS) is 14.9. The van der Waals surface area contributed by atoms with E-state index in [1.165, 1.54) is 0 Å². The lowest BCUT2D eigenvalue weighted by Gasteiger charge is -2.13.